The Morgan fingerprint density at radius 2 is 2.11 bits per heavy atom. The summed E-state index contributed by atoms with van der Waals surface area (Å²) in [5, 5.41) is 30.8. The van der Waals surface area contributed by atoms with Gasteiger partial charge in [-0.25, -0.2) is 4.98 Å². The zero-order chi connectivity index (χ0) is 13.0. The Kier molecular flexibility index (Phi) is 4.90. The molecule has 0 radical (unpaired) electrons. The maximum atomic E-state index is 9.87. The Labute approximate surface area is 109 Å². The van der Waals surface area contributed by atoms with E-state index in [2.05, 4.69) is 9.88 Å². The number of nitrogens with zero attached hydrogens (tertiary/aromatic N) is 2. The SMILES string of the molecule is OCCC(O)C(O)c1csc(N2CCOCC2)n1. The van der Waals surface area contributed by atoms with Crippen LogP contribution in [-0.2, 0) is 4.74 Å². The van der Waals surface area contributed by atoms with E-state index in [0.717, 1.165) is 18.2 Å². The third-order valence-corrected chi connectivity index (χ3v) is 3.80. The molecule has 1 aliphatic rings. The third-order valence-electron chi connectivity index (χ3n) is 2.88. The molecule has 102 valence electrons. The van der Waals surface area contributed by atoms with Crippen LogP contribution in [-0.4, -0.2) is 59.3 Å². The number of ether oxygens (including phenoxy) is 1. The summed E-state index contributed by atoms with van der Waals surface area (Å²) >= 11 is 1.45. The quantitative estimate of drug-likeness (QED) is 0.687. The van der Waals surface area contributed by atoms with E-state index in [1.54, 1.807) is 5.38 Å². The predicted octanol–water partition coefficient (Wildman–Crippen LogP) is -0.244. The van der Waals surface area contributed by atoms with Crippen molar-refractivity contribution >= 4 is 16.5 Å². The Morgan fingerprint density at radius 3 is 2.78 bits per heavy atom. The van der Waals surface area contributed by atoms with Crippen LogP contribution in [0.5, 0.6) is 0 Å². The Morgan fingerprint density at radius 1 is 1.39 bits per heavy atom. The Bertz CT molecular complexity index is 368. The van der Waals surface area contributed by atoms with Gasteiger partial charge in [0, 0.05) is 25.1 Å². The zero-order valence-electron chi connectivity index (χ0n) is 10.0. The standard InChI is InChI=1S/C11H18N2O4S/c14-4-1-9(15)10(16)8-7-18-11(12-8)13-2-5-17-6-3-13/h7,9-10,14-16H,1-6H2. The fourth-order valence-corrected chi connectivity index (χ4v) is 2.71. The van der Waals surface area contributed by atoms with Crippen molar-refractivity contribution in [3.05, 3.63) is 11.1 Å². The normalized spacial score (nSPS) is 19.8. The number of morpholine rings is 1. The van der Waals surface area contributed by atoms with Gasteiger partial charge in [-0.3, -0.25) is 0 Å². The average Bonchev–Trinajstić information content (AvgIpc) is 2.89. The number of thiazole rings is 1. The molecule has 2 atom stereocenters. The van der Waals surface area contributed by atoms with Crippen LogP contribution in [0.15, 0.2) is 5.38 Å². The molecule has 18 heavy (non-hydrogen) atoms. The molecule has 0 aromatic carbocycles. The lowest BCUT2D eigenvalue weighted by molar-refractivity contribution is 0.00225. The lowest BCUT2D eigenvalue weighted by Gasteiger charge is -2.26. The summed E-state index contributed by atoms with van der Waals surface area (Å²) in [6.45, 7) is 2.80. The molecule has 1 fully saturated rings. The van der Waals surface area contributed by atoms with Gasteiger partial charge in [-0.15, -0.1) is 11.3 Å². The largest absolute Gasteiger partial charge is 0.396 e. The van der Waals surface area contributed by atoms with Crippen LogP contribution in [0.1, 0.15) is 18.2 Å². The number of anilines is 1. The summed E-state index contributed by atoms with van der Waals surface area (Å²) < 4.78 is 5.26. The summed E-state index contributed by atoms with van der Waals surface area (Å²) in [4.78, 5) is 6.43. The molecule has 0 aliphatic carbocycles. The Hall–Kier alpha value is -0.730. The molecular formula is C11H18N2O4S. The summed E-state index contributed by atoms with van der Waals surface area (Å²) in [5.74, 6) is 0. The number of hydrogen-bond acceptors (Lipinski definition) is 7. The highest BCUT2D eigenvalue weighted by Crippen LogP contribution is 2.26. The van der Waals surface area contributed by atoms with Crippen molar-refractivity contribution in [1.82, 2.24) is 4.98 Å². The van der Waals surface area contributed by atoms with Crippen molar-refractivity contribution in [3.8, 4) is 0 Å². The Balaban J connectivity index is 2.00. The summed E-state index contributed by atoms with van der Waals surface area (Å²) in [6.07, 6.45) is -1.87. The van der Waals surface area contributed by atoms with E-state index in [0.29, 0.717) is 18.9 Å². The third kappa shape index (κ3) is 3.18. The monoisotopic (exact) mass is 274 g/mol. The number of aromatic nitrogens is 1. The molecule has 1 aromatic heterocycles. The highest BCUT2D eigenvalue weighted by atomic mass is 32.1. The van der Waals surface area contributed by atoms with E-state index in [1.165, 1.54) is 11.3 Å². The lowest BCUT2D eigenvalue weighted by atomic mass is 10.1. The molecule has 7 heteroatoms. The maximum absolute atomic E-state index is 9.87. The van der Waals surface area contributed by atoms with Gasteiger partial charge in [0.2, 0.25) is 0 Å². The van der Waals surface area contributed by atoms with E-state index in [-0.39, 0.29) is 13.0 Å². The van der Waals surface area contributed by atoms with Crippen molar-refractivity contribution in [1.29, 1.82) is 0 Å². The number of aliphatic hydroxyl groups is 3. The van der Waals surface area contributed by atoms with Crippen molar-refractivity contribution in [2.24, 2.45) is 0 Å². The highest BCUT2D eigenvalue weighted by Gasteiger charge is 2.22. The van der Waals surface area contributed by atoms with E-state index >= 15 is 0 Å². The van der Waals surface area contributed by atoms with Gasteiger partial charge >= 0.3 is 0 Å². The smallest absolute Gasteiger partial charge is 0.185 e. The van der Waals surface area contributed by atoms with Crippen LogP contribution in [0.3, 0.4) is 0 Å². The van der Waals surface area contributed by atoms with Crippen molar-refractivity contribution in [3.63, 3.8) is 0 Å². The van der Waals surface area contributed by atoms with Crippen LogP contribution in [0.2, 0.25) is 0 Å². The minimum absolute atomic E-state index is 0.144. The van der Waals surface area contributed by atoms with Crippen LogP contribution in [0.4, 0.5) is 5.13 Å². The molecule has 3 N–H and O–H groups in total. The number of rotatable bonds is 5. The minimum atomic E-state index is -1.04. The second kappa shape index (κ2) is 6.44. The molecule has 2 unspecified atom stereocenters. The first-order valence-corrected chi connectivity index (χ1v) is 6.85. The second-order valence-electron chi connectivity index (χ2n) is 4.18. The zero-order valence-corrected chi connectivity index (χ0v) is 10.8. The van der Waals surface area contributed by atoms with Crippen LogP contribution < -0.4 is 4.90 Å². The molecule has 2 rings (SSSR count). The summed E-state index contributed by atoms with van der Waals surface area (Å²) in [5.41, 5.74) is 0.461. The van der Waals surface area contributed by atoms with Gasteiger partial charge in [-0.2, -0.15) is 0 Å². The number of aliphatic hydroxyl groups excluding tert-OH is 3. The van der Waals surface area contributed by atoms with E-state index in [1.807, 2.05) is 0 Å². The first-order chi connectivity index (χ1) is 8.72. The van der Waals surface area contributed by atoms with Crippen molar-refractivity contribution in [2.45, 2.75) is 18.6 Å². The minimum Gasteiger partial charge on any atom is -0.396 e. The second-order valence-corrected chi connectivity index (χ2v) is 5.02. The summed E-state index contributed by atoms with van der Waals surface area (Å²) in [7, 11) is 0. The fraction of sp³-hybridized carbons (Fsp3) is 0.727. The van der Waals surface area contributed by atoms with Gasteiger partial charge in [-0.1, -0.05) is 0 Å². The first kappa shape index (κ1) is 13.7. The summed E-state index contributed by atoms with van der Waals surface area (Å²) in [6, 6.07) is 0. The molecule has 1 aliphatic heterocycles. The lowest BCUT2D eigenvalue weighted by Crippen LogP contribution is -2.36. The van der Waals surface area contributed by atoms with Gasteiger partial charge in [0.15, 0.2) is 5.13 Å². The molecule has 2 heterocycles. The van der Waals surface area contributed by atoms with E-state index in [9.17, 15) is 10.2 Å². The van der Waals surface area contributed by atoms with Crippen LogP contribution in [0, 0.1) is 0 Å². The molecule has 1 saturated heterocycles. The van der Waals surface area contributed by atoms with E-state index in [4.69, 9.17) is 9.84 Å². The molecule has 0 spiro atoms. The topological polar surface area (TPSA) is 86.0 Å². The molecule has 0 saturated carbocycles. The van der Waals surface area contributed by atoms with Gasteiger partial charge in [0.25, 0.3) is 0 Å². The highest BCUT2D eigenvalue weighted by molar-refractivity contribution is 7.13. The van der Waals surface area contributed by atoms with Crippen molar-refractivity contribution < 1.29 is 20.1 Å². The maximum Gasteiger partial charge on any atom is 0.185 e. The average molecular weight is 274 g/mol. The fourth-order valence-electron chi connectivity index (χ4n) is 1.80. The van der Waals surface area contributed by atoms with E-state index < -0.39 is 12.2 Å². The molecule has 0 amide bonds. The molecule has 1 aromatic rings. The van der Waals surface area contributed by atoms with Crippen LogP contribution in [0.25, 0.3) is 0 Å². The van der Waals surface area contributed by atoms with Crippen LogP contribution >= 0.6 is 11.3 Å². The van der Waals surface area contributed by atoms with Gasteiger partial charge in [-0.05, 0) is 6.42 Å². The first-order valence-electron chi connectivity index (χ1n) is 5.97. The molecule has 0 bridgehead atoms. The molecular weight excluding hydrogens is 256 g/mol. The predicted molar refractivity (Wildman–Crippen MR) is 67.8 cm³/mol. The van der Waals surface area contributed by atoms with Gasteiger partial charge < -0.3 is 25.0 Å². The van der Waals surface area contributed by atoms with Gasteiger partial charge in [0.05, 0.1) is 25.0 Å². The van der Waals surface area contributed by atoms with Crippen molar-refractivity contribution in [2.75, 3.05) is 37.8 Å². The number of hydrogen-bond donors (Lipinski definition) is 3. The van der Waals surface area contributed by atoms with Gasteiger partial charge in [0.1, 0.15) is 6.10 Å². The molecule has 6 nitrogen and oxygen atoms in total.